The smallest absolute Gasteiger partial charge is 0.275 e. The summed E-state index contributed by atoms with van der Waals surface area (Å²) in [6.45, 7) is 0. The van der Waals surface area contributed by atoms with Crippen molar-refractivity contribution in [1.82, 2.24) is 0 Å². The second-order valence-corrected chi connectivity index (χ2v) is 4.06. The molecule has 0 radical (unpaired) electrons. The van der Waals surface area contributed by atoms with Crippen LogP contribution in [0, 0.1) is 10.1 Å². The van der Waals surface area contributed by atoms with Crippen molar-refractivity contribution in [2.24, 2.45) is 0 Å². The van der Waals surface area contributed by atoms with Crippen LogP contribution in [-0.2, 0) is 0 Å². The molecule has 0 fully saturated rings. The number of aliphatic hydroxyl groups excluding tert-OH is 1. The van der Waals surface area contributed by atoms with Gasteiger partial charge in [0.2, 0.25) is 0 Å². The minimum atomic E-state index is -0.937. The maximum atomic E-state index is 10.8. The highest BCUT2D eigenvalue weighted by Gasteiger charge is 2.20. The third-order valence-corrected chi connectivity index (χ3v) is 2.99. The number of rotatable bonds is 3. The van der Waals surface area contributed by atoms with Crippen LogP contribution < -0.4 is 0 Å². The van der Waals surface area contributed by atoms with Crippen LogP contribution >= 0.6 is 11.3 Å². The number of aliphatic hydroxyl groups is 1. The fourth-order valence-electron chi connectivity index (χ4n) is 1.50. The summed E-state index contributed by atoms with van der Waals surface area (Å²) < 4.78 is 0. The van der Waals surface area contributed by atoms with E-state index in [0.717, 1.165) is 0 Å². The fourth-order valence-corrected chi connectivity index (χ4v) is 2.17. The van der Waals surface area contributed by atoms with E-state index in [0.29, 0.717) is 11.1 Å². The lowest BCUT2D eigenvalue weighted by Gasteiger charge is -2.09. The molecule has 82 valence electrons. The standard InChI is InChI=1S/C11H9NO3S/c13-11(8-5-6-16-7-8)9-3-1-2-4-10(9)12(14)15/h1-7,11,13H/t11-/m1/s1. The molecule has 0 saturated carbocycles. The van der Waals surface area contributed by atoms with Gasteiger partial charge in [-0.3, -0.25) is 10.1 Å². The average Bonchev–Trinajstić information content (AvgIpc) is 2.81. The van der Waals surface area contributed by atoms with Crippen LogP contribution in [0.1, 0.15) is 17.2 Å². The lowest BCUT2D eigenvalue weighted by molar-refractivity contribution is -0.386. The van der Waals surface area contributed by atoms with E-state index in [9.17, 15) is 15.2 Å². The molecule has 1 N–H and O–H groups in total. The molecule has 1 atom stereocenters. The second-order valence-electron chi connectivity index (χ2n) is 3.28. The van der Waals surface area contributed by atoms with Crippen molar-refractivity contribution in [2.75, 3.05) is 0 Å². The summed E-state index contributed by atoms with van der Waals surface area (Å²) in [7, 11) is 0. The zero-order chi connectivity index (χ0) is 11.5. The van der Waals surface area contributed by atoms with E-state index in [-0.39, 0.29) is 5.69 Å². The highest BCUT2D eigenvalue weighted by molar-refractivity contribution is 7.07. The summed E-state index contributed by atoms with van der Waals surface area (Å²) in [6, 6.07) is 7.98. The largest absolute Gasteiger partial charge is 0.383 e. The van der Waals surface area contributed by atoms with Crippen molar-refractivity contribution in [1.29, 1.82) is 0 Å². The Labute approximate surface area is 95.9 Å². The van der Waals surface area contributed by atoms with E-state index in [1.54, 1.807) is 29.6 Å². The van der Waals surface area contributed by atoms with Crippen molar-refractivity contribution in [3.63, 3.8) is 0 Å². The third-order valence-electron chi connectivity index (χ3n) is 2.29. The van der Waals surface area contributed by atoms with Gasteiger partial charge in [0, 0.05) is 6.07 Å². The molecule has 0 amide bonds. The summed E-state index contributed by atoms with van der Waals surface area (Å²) in [5.74, 6) is 0. The van der Waals surface area contributed by atoms with E-state index in [1.165, 1.54) is 17.4 Å². The maximum absolute atomic E-state index is 10.8. The number of benzene rings is 1. The number of hydrogen-bond donors (Lipinski definition) is 1. The molecule has 0 bridgehead atoms. The Hall–Kier alpha value is -1.72. The first-order valence-corrected chi connectivity index (χ1v) is 5.58. The van der Waals surface area contributed by atoms with Crippen molar-refractivity contribution < 1.29 is 10.0 Å². The van der Waals surface area contributed by atoms with Gasteiger partial charge in [-0.1, -0.05) is 12.1 Å². The molecule has 4 nitrogen and oxygen atoms in total. The Morgan fingerprint density at radius 1 is 1.31 bits per heavy atom. The Balaban J connectivity index is 2.44. The SMILES string of the molecule is O=[N+]([O-])c1ccccc1[C@H](O)c1ccsc1. The summed E-state index contributed by atoms with van der Waals surface area (Å²) in [6.07, 6.45) is -0.937. The predicted octanol–water partition coefficient (Wildman–Crippen LogP) is 2.74. The zero-order valence-corrected chi connectivity index (χ0v) is 9.05. The van der Waals surface area contributed by atoms with Gasteiger partial charge < -0.3 is 5.11 Å². The van der Waals surface area contributed by atoms with Crippen LogP contribution in [0.25, 0.3) is 0 Å². The molecule has 0 saturated heterocycles. The van der Waals surface area contributed by atoms with E-state index >= 15 is 0 Å². The highest BCUT2D eigenvalue weighted by atomic mass is 32.1. The maximum Gasteiger partial charge on any atom is 0.275 e. The minimum absolute atomic E-state index is 0.0544. The Morgan fingerprint density at radius 2 is 2.06 bits per heavy atom. The van der Waals surface area contributed by atoms with Gasteiger partial charge in [-0.15, -0.1) is 0 Å². The molecule has 5 heteroatoms. The topological polar surface area (TPSA) is 63.4 Å². The van der Waals surface area contributed by atoms with Crippen molar-refractivity contribution >= 4 is 17.0 Å². The van der Waals surface area contributed by atoms with Crippen LogP contribution in [0.5, 0.6) is 0 Å². The molecular formula is C11H9NO3S. The second kappa shape index (κ2) is 4.42. The van der Waals surface area contributed by atoms with Crippen LogP contribution in [0.2, 0.25) is 0 Å². The normalized spacial score (nSPS) is 12.3. The first-order valence-electron chi connectivity index (χ1n) is 4.63. The molecule has 1 aromatic heterocycles. The van der Waals surface area contributed by atoms with Gasteiger partial charge in [0.15, 0.2) is 0 Å². The van der Waals surface area contributed by atoms with Crippen molar-refractivity contribution in [3.8, 4) is 0 Å². The van der Waals surface area contributed by atoms with Crippen LogP contribution in [0.3, 0.4) is 0 Å². The molecule has 0 unspecified atom stereocenters. The molecule has 16 heavy (non-hydrogen) atoms. The molecule has 1 heterocycles. The Morgan fingerprint density at radius 3 is 2.69 bits per heavy atom. The lowest BCUT2D eigenvalue weighted by atomic mass is 10.0. The quantitative estimate of drug-likeness (QED) is 0.657. The van der Waals surface area contributed by atoms with Crippen molar-refractivity contribution in [3.05, 3.63) is 62.3 Å². The molecule has 2 rings (SSSR count). The van der Waals surface area contributed by atoms with Gasteiger partial charge in [-0.25, -0.2) is 0 Å². The molecule has 0 spiro atoms. The van der Waals surface area contributed by atoms with E-state index in [2.05, 4.69) is 0 Å². The van der Waals surface area contributed by atoms with Crippen molar-refractivity contribution in [2.45, 2.75) is 6.10 Å². The van der Waals surface area contributed by atoms with Gasteiger partial charge in [-0.2, -0.15) is 11.3 Å². The summed E-state index contributed by atoms with van der Waals surface area (Å²) in [4.78, 5) is 10.3. The summed E-state index contributed by atoms with van der Waals surface area (Å²) >= 11 is 1.45. The van der Waals surface area contributed by atoms with Gasteiger partial charge in [0.1, 0.15) is 6.10 Å². The van der Waals surface area contributed by atoms with E-state index in [1.807, 2.05) is 5.38 Å². The molecule has 0 aliphatic rings. The fraction of sp³-hybridized carbons (Fsp3) is 0.0909. The third kappa shape index (κ3) is 1.95. The number of thiophene rings is 1. The Kier molecular flexibility index (Phi) is 2.98. The molecule has 2 aromatic rings. The average molecular weight is 235 g/mol. The first-order chi connectivity index (χ1) is 7.70. The molecule has 0 aliphatic carbocycles. The molecule has 0 aliphatic heterocycles. The van der Waals surface area contributed by atoms with Crippen LogP contribution in [-0.4, -0.2) is 10.0 Å². The number of para-hydroxylation sites is 1. The minimum Gasteiger partial charge on any atom is -0.383 e. The van der Waals surface area contributed by atoms with Gasteiger partial charge in [-0.05, 0) is 28.5 Å². The monoisotopic (exact) mass is 235 g/mol. The lowest BCUT2D eigenvalue weighted by Crippen LogP contribution is -2.02. The predicted molar refractivity (Wildman–Crippen MR) is 61.5 cm³/mol. The number of nitro benzene ring substituents is 1. The van der Waals surface area contributed by atoms with E-state index in [4.69, 9.17) is 0 Å². The molecular weight excluding hydrogens is 226 g/mol. The zero-order valence-electron chi connectivity index (χ0n) is 8.24. The van der Waals surface area contributed by atoms with Gasteiger partial charge in [0.05, 0.1) is 10.5 Å². The first kappa shape index (κ1) is 10.8. The van der Waals surface area contributed by atoms with Gasteiger partial charge in [0.25, 0.3) is 5.69 Å². The summed E-state index contributed by atoms with van der Waals surface area (Å²) in [5, 5.41) is 24.4. The number of nitro groups is 1. The van der Waals surface area contributed by atoms with E-state index < -0.39 is 11.0 Å². The number of hydrogen-bond acceptors (Lipinski definition) is 4. The van der Waals surface area contributed by atoms with Gasteiger partial charge >= 0.3 is 0 Å². The van der Waals surface area contributed by atoms with Crippen LogP contribution in [0.4, 0.5) is 5.69 Å². The highest BCUT2D eigenvalue weighted by Crippen LogP contribution is 2.30. The van der Waals surface area contributed by atoms with Crippen LogP contribution in [0.15, 0.2) is 41.1 Å². The molecule has 1 aromatic carbocycles. The summed E-state index contributed by atoms with van der Waals surface area (Å²) in [5.41, 5.74) is 0.950. The number of nitrogens with zero attached hydrogens (tertiary/aromatic N) is 1. The Bertz CT molecular complexity index is 496.